The van der Waals surface area contributed by atoms with E-state index in [0.717, 1.165) is 57.8 Å². The number of rotatable bonds is 14. The minimum absolute atomic E-state index is 0.0110. The standard InChI is InChI=1S/C17H34O4/c1-3-5-10-16(11-6-4-2)21-17(20)12-8-7-9-15(13-18)14-19/h15-16,18-19H,3-14H2,1-2H3. The Morgan fingerprint density at radius 1 is 0.905 bits per heavy atom. The Bertz CT molecular complexity index is 231. The van der Waals surface area contributed by atoms with Crippen molar-refractivity contribution < 1.29 is 19.7 Å². The summed E-state index contributed by atoms with van der Waals surface area (Å²) in [6, 6.07) is 0. The third-order valence-corrected chi connectivity index (χ3v) is 3.82. The number of aliphatic hydroxyl groups excluding tert-OH is 2. The maximum absolute atomic E-state index is 11.8. The zero-order valence-corrected chi connectivity index (χ0v) is 13.9. The predicted octanol–water partition coefficient (Wildman–Crippen LogP) is 3.44. The molecule has 0 heterocycles. The Morgan fingerprint density at radius 2 is 1.48 bits per heavy atom. The highest BCUT2D eigenvalue weighted by Gasteiger charge is 2.14. The van der Waals surface area contributed by atoms with E-state index in [2.05, 4.69) is 13.8 Å². The number of hydrogen-bond acceptors (Lipinski definition) is 4. The molecule has 0 aromatic rings. The number of carbonyl (C=O) groups is 1. The minimum Gasteiger partial charge on any atom is -0.462 e. The van der Waals surface area contributed by atoms with E-state index in [4.69, 9.17) is 14.9 Å². The van der Waals surface area contributed by atoms with E-state index in [1.807, 2.05) is 0 Å². The molecule has 0 atom stereocenters. The van der Waals surface area contributed by atoms with E-state index in [0.29, 0.717) is 6.42 Å². The molecular formula is C17H34O4. The van der Waals surface area contributed by atoms with E-state index in [-0.39, 0.29) is 31.2 Å². The highest BCUT2D eigenvalue weighted by Crippen LogP contribution is 2.15. The topological polar surface area (TPSA) is 66.8 Å². The van der Waals surface area contributed by atoms with Gasteiger partial charge in [-0.05, 0) is 25.7 Å². The minimum atomic E-state index is -0.100. The van der Waals surface area contributed by atoms with Gasteiger partial charge in [-0.15, -0.1) is 0 Å². The lowest BCUT2D eigenvalue weighted by Gasteiger charge is -2.17. The number of unbranched alkanes of at least 4 members (excludes halogenated alkanes) is 3. The van der Waals surface area contributed by atoms with Crippen LogP contribution in [-0.2, 0) is 9.53 Å². The van der Waals surface area contributed by atoms with Crippen LogP contribution in [0.3, 0.4) is 0 Å². The lowest BCUT2D eigenvalue weighted by atomic mass is 10.0. The number of aliphatic hydroxyl groups is 2. The van der Waals surface area contributed by atoms with E-state index >= 15 is 0 Å². The molecule has 0 spiro atoms. The monoisotopic (exact) mass is 302 g/mol. The van der Waals surface area contributed by atoms with Crippen LogP contribution in [0.15, 0.2) is 0 Å². The third kappa shape index (κ3) is 11.7. The number of carbonyl (C=O) groups excluding carboxylic acids is 1. The first kappa shape index (κ1) is 20.4. The van der Waals surface area contributed by atoms with E-state index in [1.54, 1.807) is 0 Å². The molecule has 0 aliphatic heterocycles. The Hall–Kier alpha value is -0.610. The summed E-state index contributed by atoms with van der Waals surface area (Å²) < 4.78 is 5.58. The number of hydrogen-bond donors (Lipinski definition) is 2. The second-order valence-corrected chi connectivity index (χ2v) is 5.87. The predicted molar refractivity (Wildman–Crippen MR) is 85.1 cm³/mol. The van der Waals surface area contributed by atoms with E-state index < -0.39 is 0 Å². The van der Waals surface area contributed by atoms with E-state index in [1.165, 1.54) is 0 Å². The molecular weight excluding hydrogens is 268 g/mol. The van der Waals surface area contributed by atoms with Crippen molar-refractivity contribution in [3.8, 4) is 0 Å². The largest absolute Gasteiger partial charge is 0.462 e. The van der Waals surface area contributed by atoms with Gasteiger partial charge in [0.05, 0.1) is 0 Å². The summed E-state index contributed by atoms with van der Waals surface area (Å²) in [4.78, 5) is 11.8. The fourth-order valence-corrected chi connectivity index (χ4v) is 2.31. The van der Waals surface area contributed by atoms with Gasteiger partial charge in [0.1, 0.15) is 6.10 Å². The number of ether oxygens (including phenoxy) is 1. The first-order chi connectivity index (χ1) is 10.2. The van der Waals surface area contributed by atoms with Crippen LogP contribution in [0.5, 0.6) is 0 Å². The van der Waals surface area contributed by atoms with Gasteiger partial charge in [-0.25, -0.2) is 0 Å². The Morgan fingerprint density at radius 3 is 1.95 bits per heavy atom. The van der Waals surface area contributed by atoms with Crippen LogP contribution in [0.1, 0.15) is 78.1 Å². The molecule has 0 aliphatic rings. The molecule has 0 unspecified atom stereocenters. The van der Waals surface area contributed by atoms with Crippen molar-refractivity contribution in [3.63, 3.8) is 0 Å². The van der Waals surface area contributed by atoms with Gasteiger partial charge in [0, 0.05) is 25.6 Å². The van der Waals surface area contributed by atoms with Crippen molar-refractivity contribution in [2.75, 3.05) is 13.2 Å². The van der Waals surface area contributed by atoms with Crippen LogP contribution >= 0.6 is 0 Å². The van der Waals surface area contributed by atoms with Crippen molar-refractivity contribution in [1.29, 1.82) is 0 Å². The van der Waals surface area contributed by atoms with Gasteiger partial charge in [-0.2, -0.15) is 0 Å². The molecule has 0 aliphatic carbocycles. The molecule has 21 heavy (non-hydrogen) atoms. The molecule has 4 heteroatoms. The molecule has 0 saturated heterocycles. The number of esters is 1. The maximum atomic E-state index is 11.8. The third-order valence-electron chi connectivity index (χ3n) is 3.82. The van der Waals surface area contributed by atoms with Crippen molar-refractivity contribution in [3.05, 3.63) is 0 Å². The average molecular weight is 302 g/mol. The van der Waals surface area contributed by atoms with Crippen LogP contribution in [0.2, 0.25) is 0 Å². The van der Waals surface area contributed by atoms with Crippen LogP contribution in [0.25, 0.3) is 0 Å². The van der Waals surface area contributed by atoms with Crippen molar-refractivity contribution in [2.24, 2.45) is 5.92 Å². The Labute approximate surface area is 129 Å². The van der Waals surface area contributed by atoms with E-state index in [9.17, 15) is 4.79 Å². The highest BCUT2D eigenvalue weighted by molar-refractivity contribution is 5.69. The fraction of sp³-hybridized carbons (Fsp3) is 0.941. The van der Waals surface area contributed by atoms with Crippen molar-refractivity contribution in [1.82, 2.24) is 0 Å². The SMILES string of the molecule is CCCCC(CCCC)OC(=O)CCCCC(CO)CO. The molecule has 4 nitrogen and oxygen atoms in total. The lowest BCUT2D eigenvalue weighted by molar-refractivity contribution is -0.150. The molecule has 2 N–H and O–H groups in total. The van der Waals surface area contributed by atoms with Gasteiger partial charge in [-0.1, -0.05) is 46.0 Å². The van der Waals surface area contributed by atoms with Gasteiger partial charge in [0.2, 0.25) is 0 Å². The first-order valence-electron chi connectivity index (χ1n) is 8.59. The zero-order valence-electron chi connectivity index (χ0n) is 13.9. The van der Waals surface area contributed by atoms with Gasteiger partial charge in [0.15, 0.2) is 0 Å². The summed E-state index contributed by atoms with van der Waals surface area (Å²) in [6.07, 6.45) is 9.31. The van der Waals surface area contributed by atoms with Crippen LogP contribution in [-0.4, -0.2) is 35.5 Å². The molecule has 0 aromatic heterocycles. The van der Waals surface area contributed by atoms with Crippen LogP contribution in [0, 0.1) is 5.92 Å². The van der Waals surface area contributed by atoms with Crippen LogP contribution < -0.4 is 0 Å². The lowest BCUT2D eigenvalue weighted by Crippen LogP contribution is -2.18. The van der Waals surface area contributed by atoms with Crippen molar-refractivity contribution >= 4 is 5.97 Å². The summed E-state index contributed by atoms with van der Waals surface area (Å²) in [5.74, 6) is -0.153. The Balaban J connectivity index is 3.85. The fourth-order valence-electron chi connectivity index (χ4n) is 2.31. The van der Waals surface area contributed by atoms with Crippen LogP contribution in [0.4, 0.5) is 0 Å². The summed E-state index contributed by atoms with van der Waals surface area (Å²) in [7, 11) is 0. The van der Waals surface area contributed by atoms with Gasteiger partial charge in [0.25, 0.3) is 0 Å². The summed E-state index contributed by atoms with van der Waals surface area (Å²) in [5.41, 5.74) is 0. The molecule has 0 amide bonds. The van der Waals surface area contributed by atoms with Crippen molar-refractivity contribution in [2.45, 2.75) is 84.2 Å². The van der Waals surface area contributed by atoms with Gasteiger partial charge < -0.3 is 14.9 Å². The second-order valence-electron chi connectivity index (χ2n) is 5.87. The zero-order chi connectivity index (χ0) is 15.9. The van der Waals surface area contributed by atoms with Gasteiger partial charge >= 0.3 is 5.97 Å². The average Bonchev–Trinajstić information content (AvgIpc) is 2.50. The first-order valence-corrected chi connectivity index (χ1v) is 8.59. The quantitative estimate of drug-likeness (QED) is 0.381. The summed E-state index contributed by atoms with van der Waals surface area (Å²) >= 11 is 0. The molecule has 0 rings (SSSR count). The second kappa shape index (κ2) is 14.3. The normalized spacial score (nSPS) is 11.3. The summed E-state index contributed by atoms with van der Waals surface area (Å²) in [6.45, 7) is 4.32. The molecule has 0 radical (unpaired) electrons. The molecule has 0 saturated carbocycles. The smallest absolute Gasteiger partial charge is 0.306 e. The van der Waals surface area contributed by atoms with Gasteiger partial charge in [-0.3, -0.25) is 4.79 Å². The molecule has 126 valence electrons. The highest BCUT2D eigenvalue weighted by atomic mass is 16.5. The Kier molecular flexibility index (Phi) is 13.9. The molecule has 0 fully saturated rings. The molecule has 0 bridgehead atoms. The maximum Gasteiger partial charge on any atom is 0.306 e. The summed E-state index contributed by atoms with van der Waals surface area (Å²) in [5, 5.41) is 17.9. The molecule has 0 aromatic carbocycles.